The number of hydrogen-bond donors (Lipinski definition) is 4. The summed E-state index contributed by atoms with van der Waals surface area (Å²) in [5, 5.41) is 20.8. The van der Waals surface area contributed by atoms with Crippen LogP contribution in [0.1, 0.15) is 367 Å². The molecule has 0 saturated heterocycles. The number of unbranched alkanes of at least 4 members (excludes halogenated alkanes) is 30. The lowest BCUT2D eigenvalue weighted by Crippen LogP contribution is -2.30. The minimum absolute atomic E-state index is 0.0670. The van der Waals surface area contributed by atoms with Gasteiger partial charge in [-0.15, -0.1) is 0 Å². The number of phosphoric ester groups is 2. The number of aliphatic hydroxyl groups excluding tert-OH is 2. The molecule has 0 heterocycles. The van der Waals surface area contributed by atoms with Crippen LogP contribution >= 0.6 is 15.6 Å². The average molecular weight is 1750 g/mol. The van der Waals surface area contributed by atoms with Gasteiger partial charge in [-0.25, -0.2) is 9.13 Å². The Morgan fingerprint density at radius 2 is 0.407 bits per heavy atom. The van der Waals surface area contributed by atoms with Crippen molar-refractivity contribution in [3.05, 3.63) is 219 Å². The van der Waals surface area contributed by atoms with Gasteiger partial charge in [0.15, 0.2) is 6.10 Å². The Labute approximate surface area is 749 Å². The highest BCUT2D eigenvalue weighted by Crippen LogP contribution is 2.45. The second-order valence-corrected chi connectivity index (χ2v) is 34.3. The molecule has 4 N–H and O–H groups in total. The molecule has 5 unspecified atom stereocenters. The van der Waals surface area contributed by atoms with Crippen LogP contribution in [0.2, 0.25) is 0 Å². The number of carbonyl (C=O) groups is 3. The van der Waals surface area contributed by atoms with Crippen molar-refractivity contribution in [2.45, 2.75) is 386 Å². The zero-order chi connectivity index (χ0) is 89.3. The molecule has 0 aromatic carbocycles. The van der Waals surface area contributed by atoms with Gasteiger partial charge in [0.1, 0.15) is 25.4 Å². The molecule has 0 fully saturated rings. The molecule has 123 heavy (non-hydrogen) atoms. The van der Waals surface area contributed by atoms with E-state index in [9.17, 15) is 43.5 Å². The van der Waals surface area contributed by atoms with Crippen LogP contribution in [-0.4, -0.2) is 95.9 Å². The minimum atomic E-state index is -4.96. The molecule has 0 aliphatic rings. The molecule has 16 nitrogen and oxygen atoms in total. The minimum Gasteiger partial charge on any atom is -0.463 e. The Kier molecular flexibility index (Phi) is 90.3. The fourth-order valence-corrected chi connectivity index (χ4v) is 14.1. The topological polar surface area (TPSA) is 231 Å². The van der Waals surface area contributed by atoms with Crippen LogP contribution in [-0.2, 0) is 55.8 Å². The summed E-state index contributed by atoms with van der Waals surface area (Å²) in [5.41, 5.74) is 0. The predicted octanol–water partition coefficient (Wildman–Crippen LogP) is 30.1. The van der Waals surface area contributed by atoms with E-state index in [1.165, 1.54) is 109 Å². The number of allylic oxidation sites excluding steroid dienone is 36. The quantitative estimate of drug-likeness (QED) is 0.0146. The highest BCUT2D eigenvalue weighted by atomic mass is 31.2. The van der Waals surface area contributed by atoms with Gasteiger partial charge >= 0.3 is 33.6 Å². The maximum atomic E-state index is 13.1. The molecule has 0 aliphatic carbocycles. The van der Waals surface area contributed by atoms with E-state index in [0.717, 1.165) is 199 Å². The largest absolute Gasteiger partial charge is 0.472 e. The maximum Gasteiger partial charge on any atom is 0.472 e. The van der Waals surface area contributed by atoms with Gasteiger partial charge in [0, 0.05) is 19.3 Å². The monoisotopic (exact) mass is 1750 g/mol. The smallest absolute Gasteiger partial charge is 0.463 e. The summed E-state index contributed by atoms with van der Waals surface area (Å²) in [5.74, 6) is -1.61. The Hall–Kier alpha value is -6.13. The number of esters is 3. The van der Waals surface area contributed by atoms with Crippen molar-refractivity contribution < 1.29 is 75.8 Å². The Morgan fingerprint density at radius 3 is 0.642 bits per heavy atom. The fourth-order valence-electron chi connectivity index (χ4n) is 12.5. The third kappa shape index (κ3) is 96.4. The number of carbonyl (C=O) groups excluding carboxylic acids is 3. The van der Waals surface area contributed by atoms with Crippen LogP contribution in [0, 0.1) is 0 Å². The molecule has 0 rings (SSSR count). The average Bonchev–Trinajstić information content (AvgIpc) is 0.898. The van der Waals surface area contributed by atoms with E-state index in [1.54, 1.807) is 0 Å². The predicted molar refractivity (Wildman–Crippen MR) is 518 cm³/mol. The van der Waals surface area contributed by atoms with Gasteiger partial charge in [0.05, 0.1) is 26.4 Å². The van der Waals surface area contributed by atoms with E-state index in [1.807, 2.05) is 0 Å². The first-order valence-corrected chi connectivity index (χ1v) is 51.0. The molecule has 5 atom stereocenters. The lowest BCUT2D eigenvalue weighted by Gasteiger charge is -2.21. The number of ether oxygens (including phenoxy) is 3. The van der Waals surface area contributed by atoms with Crippen LogP contribution in [0.25, 0.3) is 0 Å². The SMILES string of the molecule is CC/C=C\C/C=C\C/C=C\C/C=C\C/C=C\C/C=C\CCCCCCCCCCCCCCCCC(=O)OCC(O)COP(=O)(O)OCC(O)COP(=O)(O)OCC(COC(=O)CCCCCCCCCCCCCC/C=C\C/C=C\C/C=C\C/C=C\C/C=C\C/C=C\CC)OC(=O)CCCCCC/C=C\C/C=C\C/C=C\C/C=C\C/C=C\C/C=C\CC. The van der Waals surface area contributed by atoms with Crippen molar-refractivity contribution in [2.75, 3.05) is 39.6 Å². The molecule has 0 saturated carbocycles. The van der Waals surface area contributed by atoms with Gasteiger partial charge in [0.25, 0.3) is 0 Å². The number of phosphoric acid groups is 2. The molecule has 698 valence electrons. The van der Waals surface area contributed by atoms with Gasteiger partial charge in [0.2, 0.25) is 0 Å². The first-order valence-electron chi connectivity index (χ1n) is 48.0. The molecule has 18 heteroatoms. The summed E-state index contributed by atoms with van der Waals surface area (Å²) in [6.07, 6.45) is 130. The third-order valence-electron chi connectivity index (χ3n) is 19.7. The molecule has 0 bridgehead atoms. The second kappa shape index (κ2) is 95.0. The van der Waals surface area contributed by atoms with Crippen molar-refractivity contribution in [3.63, 3.8) is 0 Å². The van der Waals surface area contributed by atoms with Crippen LogP contribution in [0.4, 0.5) is 0 Å². The number of aliphatic hydroxyl groups is 2. The number of rotatable bonds is 89. The van der Waals surface area contributed by atoms with Crippen LogP contribution in [0.5, 0.6) is 0 Å². The molecule has 0 aliphatic heterocycles. The van der Waals surface area contributed by atoms with Crippen molar-refractivity contribution in [1.29, 1.82) is 0 Å². The van der Waals surface area contributed by atoms with Gasteiger partial charge in [-0.3, -0.25) is 32.5 Å². The van der Waals surface area contributed by atoms with Crippen LogP contribution < -0.4 is 0 Å². The van der Waals surface area contributed by atoms with E-state index in [4.69, 9.17) is 32.3 Å². The summed E-state index contributed by atoms with van der Waals surface area (Å²) in [6.45, 7) is 2.33. The van der Waals surface area contributed by atoms with Crippen molar-refractivity contribution >= 4 is 33.6 Å². The highest BCUT2D eigenvalue weighted by molar-refractivity contribution is 7.47. The van der Waals surface area contributed by atoms with Gasteiger partial charge in [-0.2, -0.15) is 0 Å². The first-order chi connectivity index (χ1) is 60.2. The summed E-state index contributed by atoms with van der Waals surface area (Å²) in [7, 11) is -9.83. The fraction of sp³-hybridized carbons (Fsp3) is 0.629. The molecule has 0 amide bonds. The van der Waals surface area contributed by atoms with Crippen molar-refractivity contribution in [2.24, 2.45) is 0 Å². The Balaban J connectivity index is 4.64. The van der Waals surface area contributed by atoms with E-state index in [2.05, 4.69) is 240 Å². The van der Waals surface area contributed by atoms with Gasteiger partial charge < -0.3 is 34.2 Å². The van der Waals surface area contributed by atoms with E-state index in [0.29, 0.717) is 19.3 Å². The molecule has 0 aromatic heterocycles. The lowest BCUT2D eigenvalue weighted by molar-refractivity contribution is -0.161. The summed E-state index contributed by atoms with van der Waals surface area (Å²) < 4.78 is 61.5. The van der Waals surface area contributed by atoms with E-state index in [-0.39, 0.29) is 19.3 Å². The Bertz CT molecular complexity index is 3120. The molecule has 0 radical (unpaired) electrons. The zero-order valence-electron chi connectivity index (χ0n) is 77.0. The highest BCUT2D eigenvalue weighted by Gasteiger charge is 2.30. The van der Waals surface area contributed by atoms with E-state index >= 15 is 0 Å². The summed E-state index contributed by atoms with van der Waals surface area (Å²) in [6, 6.07) is 0. The van der Waals surface area contributed by atoms with Crippen molar-refractivity contribution in [3.8, 4) is 0 Å². The third-order valence-corrected chi connectivity index (χ3v) is 21.6. The second-order valence-electron chi connectivity index (χ2n) is 31.4. The summed E-state index contributed by atoms with van der Waals surface area (Å²) >= 11 is 0. The van der Waals surface area contributed by atoms with Crippen LogP contribution in [0.15, 0.2) is 219 Å². The molecular formula is C105H172O16P2. The molecule has 0 aromatic rings. The Morgan fingerprint density at radius 1 is 0.228 bits per heavy atom. The van der Waals surface area contributed by atoms with Crippen molar-refractivity contribution in [1.82, 2.24) is 0 Å². The zero-order valence-corrected chi connectivity index (χ0v) is 78.8. The normalized spacial score (nSPS) is 14.7. The maximum absolute atomic E-state index is 13.1. The first kappa shape index (κ1) is 117. The van der Waals surface area contributed by atoms with Gasteiger partial charge in [-0.05, 0) is 173 Å². The number of hydrogen-bond acceptors (Lipinski definition) is 14. The van der Waals surface area contributed by atoms with E-state index < -0.39 is 91.5 Å². The lowest BCUT2D eigenvalue weighted by atomic mass is 10.0. The standard InChI is InChI=1S/C105H172O16P2/c1-4-7-10-13-16-19-22-25-28-31-34-37-40-42-44-46-48-49-51-53-54-56-59-61-64-67-70-73-76-79-82-85-88-91-103(108)115-94-100(106)95-117-122(111,112)118-96-101(107)97-119-123(113,114)120-99-102(121-105(110)93-90-87-84-81-78-75-72-69-66-63-58-39-36-33-30-27-24-21-18-15-12-9-6-3)98-116-104(109)92-89-86-83-80-77-74-71-68-65-62-60-57-55-52-50-47-45-43-41-38-35-32-29-26-23-20-17-14-11-8-5-2/h7-12,16-21,25-30,34-39,42-45,48-50,52,63,66,72,75,100-102,106-107H,4-6,13-15,22-24,31-33,40-41,46-47,51,53-62,64-65,67-71,73-74,76-99H2,1-3H3,(H,111,112)(H,113,114)/b10-7-,11-8-,12-9-,19-16-,20-17-,21-18-,28-25-,29-26-,30-27-,37-34-,38-35-,39-36-,44-42-,45-43-,49-48-,52-50-,66-63-,75-72-. The molecular weight excluding hydrogens is 1580 g/mol. The summed E-state index contributed by atoms with van der Waals surface area (Å²) in [4.78, 5) is 59.1. The molecule has 0 spiro atoms. The van der Waals surface area contributed by atoms with Gasteiger partial charge in [-0.1, -0.05) is 394 Å². The van der Waals surface area contributed by atoms with Crippen LogP contribution in [0.3, 0.4) is 0 Å².